The van der Waals surface area contributed by atoms with Crippen LogP contribution in [0.3, 0.4) is 0 Å². The highest BCUT2D eigenvalue weighted by molar-refractivity contribution is 5.75. The molecule has 0 aromatic rings. The van der Waals surface area contributed by atoms with Crippen LogP contribution in [0.2, 0.25) is 0 Å². The van der Waals surface area contributed by atoms with Gasteiger partial charge in [0.15, 0.2) is 0 Å². The van der Waals surface area contributed by atoms with E-state index in [1.165, 1.54) is 19.3 Å². The van der Waals surface area contributed by atoms with Crippen LogP contribution in [-0.4, -0.2) is 35.6 Å². The summed E-state index contributed by atoms with van der Waals surface area (Å²) in [5.74, 6) is 0.731. The third-order valence-electron chi connectivity index (χ3n) is 4.81. The number of hydrogen-bond acceptors (Lipinski definition) is 2. The molecule has 1 aliphatic heterocycles. The minimum atomic E-state index is -0.563. The fourth-order valence-electron chi connectivity index (χ4n) is 3.92. The van der Waals surface area contributed by atoms with Crippen LogP contribution in [-0.2, 0) is 4.79 Å². The summed E-state index contributed by atoms with van der Waals surface area (Å²) in [6.45, 7) is 7.44. The van der Waals surface area contributed by atoms with Gasteiger partial charge in [0.25, 0.3) is 0 Å². The maximum Gasteiger partial charge on any atom is 0.310 e. The first-order valence-electron chi connectivity index (χ1n) is 7.47. The molecule has 104 valence electrons. The summed E-state index contributed by atoms with van der Waals surface area (Å²) in [6.07, 6.45) is 6.55. The standard InChI is InChI=1S/C15H27NO2/c1-12-5-3-7-15(9-12,14(17)18)11-16-8-4-6-13(2)10-16/h12-13H,3-11H2,1-2H3,(H,17,18). The molecule has 3 nitrogen and oxygen atoms in total. The second kappa shape index (κ2) is 5.60. The number of carbonyl (C=O) groups is 1. The van der Waals surface area contributed by atoms with Gasteiger partial charge in [-0.1, -0.05) is 26.7 Å². The van der Waals surface area contributed by atoms with Crippen LogP contribution in [0.5, 0.6) is 0 Å². The fourth-order valence-corrected chi connectivity index (χ4v) is 3.92. The Balaban J connectivity index is 2.03. The van der Waals surface area contributed by atoms with Crippen LogP contribution >= 0.6 is 0 Å². The zero-order chi connectivity index (χ0) is 13.2. The maximum absolute atomic E-state index is 11.8. The SMILES string of the molecule is CC1CCCN(CC2(C(=O)O)CCCC(C)C2)C1. The lowest BCUT2D eigenvalue weighted by Gasteiger charge is -2.42. The van der Waals surface area contributed by atoms with Gasteiger partial charge in [0.05, 0.1) is 5.41 Å². The first-order chi connectivity index (χ1) is 8.52. The minimum Gasteiger partial charge on any atom is -0.481 e. The summed E-state index contributed by atoms with van der Waals surface area (Å²) < 4.78 is 0. The van der Waals surface area contributed by atoms with Gasteiger partial charge in [-0.2, -0.15) is 0 Å². The highest BCUT2D eigenvalue weighted by Crippen LogP contribution is 2.40. The topological polar surface area (TPSA) is 40.5 Å². The number of likely N-dealkylation sites (tertiary alicyclic amines) is 1. The molecule has 2 aliphatic rings. The molecule has 0 radical (unpaired) electrons. The second-order valence-corrected chi connectivity index (χ2v) is 6.77. The van der Waals surface area contributed by atoms with Crippen molar-refractivity contribution in [2.45, 2.75) is 52.4 Å². The van der Waals surface area contributed by atoms with E-state index in [2.05, 4.69) is 18.7 Å². The van der Waals surface area contributed by atoms with Gasteiger partial charge in [-0.15, -0.1) is 0 Å². The summed E-state index contributed by atoms with van der Waals surface area (Å²) in [5, 5.41) is 9.68. The molecule has 0 bridgehead atoms. The van der Waals surface area contributed by atoms with Gasteiger partial charge in [-0.25, -0.2) is 0 Å². The van der Waals surface area contributed by atoms with E-state index < -0.39 is 11.4 Å². The first-order valence-corrected chi connectivity index (χ1v) is 7.47. The average Bonchev–Trinajstić information content (AvgIpc) is 2.28. The van der Waals surface area contributed by atoms with Crippen LogP contribution in [0.25, 0.3) is 0 Å². The monoisotopic (exact) mass is 253 g/mol. The summed E-state index contributed by atoms with van der Waals surface area (Å²) in [4.78, 5) is 14.2. The third-order valence-corrected chi connectivity index (χ3v) is 4.81. The molecule has 18 heavy (non-hydrogen) atoms. The number of rotatable bonds is 3. The molecule has 1 N–H and O–H groups in total. The van der Waals surface area contributed by atoms with Crippen molar-refractivity contribution in [3.63, 3.8) is 0 Å². The van der Waals surface area contributed by atoms with Crippen molar-refractivity contribution in [3.05, 3.63) is 0 Å². The molecule has 2 rings (SSSR count). The Kier molecular flexibility index (Phi) is 4.31. The summed E-state index contributed by atoms with van der Waals surface area (Å²) in [6, 6.07) is 0. The van der Waals surface area contributed by atoms with Gasteiger partial charge >= 0.3 is 5.97 Å². The van der Waals surface area contributed by atoms with E-state index >= 15 is 0 Å². The van der Waals surface area contributed by atoms with Crippen molar-refractivity contribution >= 4 is 5.97 Å². The predicted molar refractivity (Wildman–Crippen MR) is 72.5 cm³/mol. The van der Waals surface area contributed by atoms with E-state index in [0.717, 1.165) is 44.8 Å². The summed E-state index contributed by atoms with van der Waals surface area (Å²) in [5.41, 5.74) is -0.464. The van der Waals surface area contributed by atoms with Crippen LogP contribution in [0.15, 0.2) is 0 Å². The Labute approximate surface area is 111 Å². The maximum atomic E-state index is 11.8. The van der Waals surface area contributed by atoms with Gasteiger partial charge in [0.2, 0.25) is 0 Å². The number of piperidine rings is 1. The Morgan fingerprint density at radius 1 is 1.28 bits per heavy atom. The third kappa shape index (κ3) is 3.05. The number of aliphatic carboxylic acids is 1. The van der Waals surface area contributed by atoms with E-state index in [-0.39, 0.29) is 0 Å². The van der Waals surface area contributed by atoms with Crippen molar-refractivity contribution < 1.29 is 9.90 Å². The minimum absolute atomic E-state index is 0.464. The normalized spacial score (nSPS) is 38.6. The Hall–Kier alpha value is -0.570. The van der Waals surface area contributed by atoms with Crippen molar-refractivity contribution in [3.8, 4) is 0 Å². The van der Waals surface area contributed by atoms with Crippen molar-refractivity contribution in [2.75, 3.05) is 19.6 Å². The molecule has 3 atom stereocenters. The van der Waals surface area contributed by atoms with Gasteiger partial charge in [-0.05, 0) is 44.1 Å². The lowest BCUT2D eigenvalue weighted by molar-refractivity contribution is -0.154. The zero-order valence-electron chi connectivity index (χ0n) is 11.8. The van der Waals surface area contributed by atoms with Crippen LogP contribution in [0.4, 0.5) is 0 Å². The molecule has 2 fully saturated rings. The average molecular weight is 253 g/mol. The molecule has 0 spiro atoms. The molecular weight excluding hydrogens is 226 g/mol. The lowest BCUT2D eigenvalue weighted by atomic mass is 9.69. The molecule has 3 heteroatoms. The van der Waals surface area contributed by atoms with Gasteiger partial charge < -0.3 is 10.0 Å². The highest BCUT2D eigenvalue weighted by Gasteiger charge is 2.43. The van der Waals surface area contributed by atoms with Crippen LogP contribution < -0.4 is 0 Å². The van der Waals surface area contributed by atoms with E-state index in [1.54, 1.807) is 0 Å². The Morgan fingerprint density at radius 2 is 2.00 bits per heavy atom. The van der Waals surface area contributed by atoms with E-state index in [9.17, 15) is 9.90 Å². The van der Waals surface area contributed by atoms with Crippen LogP contribution in [0, 0.1) is 17.3 Å². The molecule has 1 saturated carbocycles. The van der Waals surface area contributed by atoms with Crippen LogP contribution in [0.1, 0.15) is 52.4 Å². The number of carboxylic acid groups (broad SMARTS) is 1. The highest BCUT2D eigenvalue weighted by atomic mass is 16.4. The predicted octanol–water partition coefficient (Wildman–Crippen LogP) is 3.00. The molecule has 1 heterocycles. The van der Waals surface area contributed by atoms with Crippen molar-refractivity contribution in [1.29, 1.82) is 0 Å². The summed E-state index contributed by atoms with van der Waals surface area (Å²) in [7, 11) is 0. The smallest absolute Gasteiger partial charge is 0.310 e. The van der Waals surface area contributed by atoms with Gasteiger partial charge in [-0.3, -0.25) is 4.79 Å². The number of carboxylic acids is 1. The number of nitrogens with zero attached hydrogens (tertiary/aromatic N) is 1. The first kappa shape index (κ1) is 13.9. The quantitative estimate of drug-likeness (QED) is 0.840. The van der Waals surface area contributed by atoms with Crippen molar-refractivity contribution in [2.24, 2.45) is 17.3 Å². The molecule has 0 aromatic heterocycles. The number of hydrogen-bond donors (Lipinski definition) is 1. The molecule has 0 aromatic carbocycles. The van der Waals surface area contributed by atoms with Crippen molar-refractivity contribution in [1.82, 2.24) is 4.90 Å². The Bertz CT molecular complexity index is 305. The fraction of sp³-hybridized carbons (Fsp3) is 0.933. The Morgan fingerprint density at radius 3 is 2.61 bits per heavy atom. The van der Waals surface area contributed by atoms with E-state index in [1.807, 2.05) is 0 Å². The molecule has 0 amide bonds. The molecule has 1 aliphatic carbocycles. The summed E-state index contributed by atoms with van der Waals surface area (Å²) >= 11 is 0. The molecule has 3 unspecified atom stereocenters. The molecular formula is C15H27NO2. The second-order valence-electron chi connectivity index (χ2n) is 6.77. The van der Waals surface area contributed by atoms with Gasteiger partial charge in [0.1, 0.15) is 0 Å². The van der Waals surface area contributed by atoms with E-state index in [4.69, 9.17) is 0 Å². The lowest BCUT2D eigenvalue weighted by Crippen LogP contribution is -2.48. The molecule has 1 saturated heterocycles. The largest absolute Gasteiger partial charge is 0.481 e. The van der Waals surface area contributed by atoms with Gasteiger partial charge in [0, 0.05) is 13.1 Å². The van der Waals surface area contributed by atoms with E-state index in [0.29, 0.717) is 5.92 Å². The zero-order valence-corrected chi connectivity index (χ0v) is 11.8.